The summed E-state index contributed by atoms with van der Waals surface area (Å²) in [4.78, 5) is 2.37. The molecule has 1 unspecified atom stereocenters. The molecule has 0 radical (unpaired) electrons. The molecule has 0 aromatic heterocycles. The zero-order chi connectivity index (χ0) is 13.8. The van der Waals surface area contributed by atoms with Gasteiger partial charge < -0.3 is 5.32 Å². The maximum Gasteiger partial charge on any atom is 0.146 e. The molecule has 1 atom stereocenters. The predicted octanol–water partition coefficient (Wildman–Crippen LogP) is 3.30. The molecule has 1 saturated heterocycles. The second kappa shape index (κ2) is 6.69. The van der Waals surface area contributed by atoms with Gasteiger partial charge in [0.05, 0.1) is 5.02 Å². The first kappa shape index (κ1) is 14.8. The van der Waals surface area contributed by atoms with Crippen LogP contribution in [0.5, 0.6) is 0 Å². The number of hydrogen-bond acceptors (Lipinski definition) is 2. The van der Waals surface area contributed by atoms with Gasteiger partial charge in [-0.05, 0) is 18.4 Å². The minimum Gasteiger partial charge on any atom is -0.314 e. The van der Waals surface area contributed by atoms with Crippen LogP contribution in [0.4, 0.5) is 4.39 Å². The molecule has 0 aliphatic carbocycles. The van der Waals surface area contributed by atoms with Gasteiger partial charge in [-0.15, -0.1) is 0 Å². The van der Waals surface area contributed by atoms with E-state index in [1.54, 1.807) is 6.07 Å². The molecule has 1 N–H and O–H groups in total. The highest BCUT2D eigenvalue weighted by Gasteiger charge is 2.24. The van der Waals surface area contributed by atoms with Gasteiger partial charge in [-0.3, -0.25) is 4.90 Å². The Hall–Kier alpha value is -0.640. The van der Waals surface area contributed by atoms with E-state index >= 15 is 0 Å². The van der Waals surface area contributed by atoms with Crippen LogP contribution >= 0.6 is 11.6 Å². The number of nitrogens with one attached hydrogen (secondary N) is 1. The Bertz CT molecular complexity index is 423. The van der Waals surface area contributed by atoms with Crippen LogP contribution in [-0.4, -0.2) is 30.6 Å². The Kier molecular flexibility index (Phi) is 5.20. The zero-order valence-electron chi connectivity index (χ0n) is 11.6. The average Bonchev–Trinajstić information content (AvgIpc) is 2.36. The van der Waals surface area contributed by atoms with E-state index in [1.807, 2.05) is 12.1 Å². The molecule has 1 aromatic carbocycles. The zero-order valence-corrected chi connectivity index (χ0v) is 12.4. The maximum absolute atomic E-state index is 14.0. The molecule has 0 saturated carbocycles. The summed E-state index contributed by atoms with van der Waals surface area (Å²) in [5, 5.41) is 3.64. The van der Waals surface area contributed by atoms with Crippen molar-refractivity contribution in [3.8, 4) is 0 Å². The fraction of sp³-hybridized carbons (Fsp3) is 0.600. The Morgan fingerprint density at radius 2 is 2.26 bits per heavy atom. The summed E-state index contributed by atoms with van der Waals surface area (Å²) in [6.07, 6.45) is 1.13. The van der Waals surface area contributed by atoms with Gasteiger partial charge in [-0.2, -0.15) is 0 Å². The number of piperazine rings is 1. The topological polar surface area (TPSA) is 15.3 Å². The average molecular weight is 285 g/mol. The monoisotopic (exact) mass is 284 g/mol. The first-order valence-electron chi connectivity index (χ1n) is 6.95. The summed E-state index contributed by atoms with van der Waals surface area (Å²) in [7, 11) is 0. The standard InChI is InChI=1S/C15H22ClFN2/c1-11(2)8-13-9-18-6-7-19(13)10-12-4-3-5-14(16)15(12)17/h3-5,11,13,18H,6-10H2,1-2H3. The van der Waals surface area contributed by atoms with Crippen LogP contribution in [0.25, 0.3) is 0 Å². The summed E-state index contributed by atoms with van der Waals surface area (Å²) in [6, 6.07) is 5.73. The Morgan fingerprint density at radius 3 is 3.00 bits per heavy atom. The van der Waals surface area contributed by atoms with Crippen molar-refractivity contribution >= 4 is 11.6 Å². The molecule has 106 valence electrons. The molecule has 1 heterocycles. The summed E-state index contributed by atoms with van der Waals surface area (Å²) < 4.78 is 14.0. The number of benzene rings is 1. The SMILES string of the molecule is CC(C)CC1CNCCN1Cc1cccc(Cl)c1F. The second-order valence-electron chi connectivity index (χ2n) is 5.67. The van der Waals surface area contributed by atoms with Gasteiger partial charge in [0.1, 0.15) is 5.82 Å². The molecule has 1 fully saturated rings. The number of halogens is 2. The lowest BCUT2D eigenvalue weighted by molar-refractivity contribution is 0.133. The smallest absolute Gasteiger partial charge is 0.146 e. The van der Waals surface area contributed by atoms with Crippen molar-refractivity contribution in [1.29, 1.82) is 0 Å². The highest BCUT2D eigenvalue weighted by atomic mass is 35.5. The number of nitrogens with zero attached hydrogens (tertiary/aromatic N) is 1. The third-order valence-corrected chi connectivity index (χ3v) is 3.91. The molecule has 19 heavy (non-hydrogen) atoms. The van der Waals surface area contributed by atoms with E-state index in [2.05, 4.69) is 24.1 Å². The molecular formula is C15H22ClFN2. The lowest BCUT2D eigenvalue weighted by Crippen LogP contribution is -2.51. The van der Waals surface area contributed by atoms with E-state index in [1.165, 1.54) is 0 Å². The largest absolute Gasteiger partial charge is 0.314 e. The molecule has 2 nitrogen and oxygen atoms in total. The van der Waals surface area contributed by atoms with E-state index in [0.29, 0.717) is 24.1 Å². The molecule has 0 amide bonds. The molecule has 1 aromatic rings. The van der Waals surface area contributed by atoms with E-state index in [-0.39, 0.29) is 10.8 Å². The fourth-order valence-corrected chi connectivity index (χ4v) is 2.87. The van der Waals surface area contributed by atoms with Gasteiger partial charge in [-0.25, -0.2) is 4.39 Å². The van der Waals surface area contributed by atoms with Crippen LogP contribution in [0.15, 0.2) is 18.2 Å². The van der Waals surface area contributed by atoms with E-state index < -0.39 is 0 Å². The fourth-order valence-electron chi connectivity index (χ4n) is 2.68. The van der Waals surface area contributed by atoms with Gasteiger partial charge in [0.25, 0.3) is 0 Å². The Morgan fingerprint density at radius 1 is 1.47 bits per heavy atom. The molecule has 1 aliphatic heterocycles. The van der Waals surface area contributed by atoms with E-state index in [0.717, 1.165) is 26.1 Å². The molecule has 4 heteroatoms. The van der Waals surface area contributed by atoms with E-state index in [9.17, 15) is 4.39 Å². The lowest BCUT2D eigenvalue weighted by Gasteiger charge is -2.37. The first-order valence-corrected chi connectivity index (χ1v) is 7.33. The Balaban J connectivity index is 2.08. The number of hydrogen-bond donors (Lipinski definition) is 1. The van der Waals surface area contributed by atoms with Crippen molar-refractivity contribution < 1.29 is 4.39 Å². The van der Waals surface area contributed by atoms with E-state index in [4.69, 9.17) is 11.6 Å². The van der Waals surface area contributed by atoms with Gasteiger partial charge in [0.15, 0.2) is 0 Å². The van der Waals surface area contributed by atoms with Gasteiger partial charge >= 0.3 is 0 Å². The minimum atomic E-state index is -0.272. The molecular weight excluding hydrogens is 263 g/mol. The van der Waals surface area contributed by atoms with Crippen molar-refractivity contribution in [2.45, 2.75) is 32.9 Å². The van der Waals surface area contributed by atoms with Crippen molar-refractivity contribution in [2.24, 2.45) is 5.92 Å². The molecule has 0 spiro atoms. The predicted molar refractivity (Wildman–Crippen MR) is 77.9 cm³/mol. The quantitative estimate of drug-likeness (QED) is 0.913. The van der Waals surface area contributed by atoms with Crippen LogP contribution in [-0.2, 0) is 6.54 Å². The van der Waals surface area contributed by atoms with Crippen molar-refractivity contribution in [1.82, 2.24) is 10.2 Å². The van der Waals surface area contributed by atoms with Gasteiger partial charge in [0, 0.05) is 37.8 Å². The second-order valence-corrected chi connectivity index (χ2v) is 6.08. The summed E-state index contributed by atoms with van der Waals surface area (Å²) in [5.74, 6) is 0.377. The molecule has 2 rings (SSSR count). The van der Waals surface area contributed by atoms with Gasteiger partial charge in [-0.1, -0.05) is 37.6 Å². The summed E-state index contributed by atoms with van der Waals surface area (Å²) >= 11 is 5.85. The third-order valence-electron chi connectivity index (χ3n) is 3.62. The maximum atomic E-state index is 14.0. The van der Waals surface area contributed by atoms with Crippen LogP contribution in [0.1, 0.15) is 25.8 Å². The lowest BCUT2D eigenvalue weighted by atomic mass is 10.00. The minimum absolute atomic E-state index is 0.216. The third kappa shape index (κ3) is 3.91. The van der Waals surface area contributed by atoms with Crippen LogP contribution in [0.3, 0.4) is 0 Å². The Labute approximate surface area is 119 Å². The van der Waals surface area contributed by atoms with Crippen LogP contribution in [0, 0.1) is 11.7 Å². The molecule has 1 aliphatic rings. The van der Waals surface area contributed by atoms with Crippen molar-refractivity contribution in [2.75, 3.05) is 19.6 Å². The van der Waals surface area contributed by atoms with Gasteiger partial charge in [0.2, 0.25) is 0 Å². The summed E-state index contributed by atoms with van der Waals surface area (Å²) in [6.45, 7) is 8.02. The van der Waals surface area contributed by atoms with Crippen LogP contribution < -0.4 is 5.32 Å². The molecule has 0 bridgehead atoms. The first-order chi connectivity index (χ1) is 9.08. The van der Waals surface area contributed by atoms with Crippen LogP contribution in [0.2, 0.25) is 5.02 Å². The normalized spacial score (nSPS) is 21.0. The van der Waals surface area contributed by atoms with Crippen molar-refractivity contribution in [3.05, 3.63) is 34.6 Å². The number of rotatable bonds is 4. The highest BCUT2D eigenvalue weighted by Crippen LogP contribution is 2.22. The highest BCUT2D eigenvalue weighted by molar-refractivity contribution is 6.30. The van der Waals surface area contributed by atoms with Crippen molar-refractivity contribution in [3.63, 3.8) is 0 Å². The summed E-state index contributed by atoms with van der Waals surface area (Å²) in [5.41, 5.74) is 0.697.